The van der Waals surface area contributed by atoms with E-state index in [9.17, 15) is 4.79 Å². The molecule has 66 valence electrons. The van der Waals surface area contributed by atoms with Gasteiger partial charge in [-0.2, -0.15) is 0 Å². The highest BCUT2D eigenvalue weighted by molar-refractivity contribution is 5.59. The summed E-state index contributed by atoms with van der Waals surface area (Å²) in [5, 5.41) is 0. The molecular formula is C10H20O. The fourth-order valence-electron chi connectivity index (χ4n) is 1.30. The molecule has 0 aliphatic rings. The third-order valence-electron chi connectivity index (χ3n) is 2.44. The van der Waals surface area contributed by atoms with Crippen molar-refractivity contribution in [1.29, 1.82) is 0 Å². The van der Waals surface area contributed by atoms with E-state index in [4.69, 9.17) is 0 Å². The zero-order valence-electron chi connectivity index (χ0n) is 8.35. The first-order chi connectivity index (χ1) is 4.92. The van der Waals surface area contributed by atoms with Gasteiger partial charge < -0.3 is 4.79 Å². The molecule has 1 unspecified atom stereocenters. The summed E-state index contributed by atoms with van der Waals surface area (Å²) in [7, 11) is 0. The first-order valence-corrected chi connectivity index (χ1v) is 4.38. The topological polar surface area (TPSA) is 17.1 Å². The summed E-state index contributed by atoms with van der Waals surface area (Å²) < 4.78 is 0. The molecule has 0 aromatic rings. The minimum absolute atomic E-state index is 0.117. The minimum atomic E-state index is -0.117. The van der Waals surface area contributed by atoms with Crippen molar-refractivity contribution in [2.24, 2.45) is 17.3 Å². The Kier molecular flexibility index (Phi) is 3.77. The Bertz CT molecular complexity index is 127. The fraction of sp³-hybridized carbons (Fsp3) is 0.900. The van der Waals surface area contributed by atoms with Crippen molar-refractivity contribution in [3.05, 3.63) is 0 Å². The van der Waals surface area contributed by atoms with Gasteiger partial charge in [-0.15, -0.1) is 0 Å². The van der Waals surface area contributed by atoms with Crippen molar-refractivity contribution in [3.8, 4) is 0 Å². The maximum atomic E-state index is 10.8. The zero-order chi connectivity index (χ0) is 9.07. The first-order valence-electron chi connectivity index (χ1n) is 4.38. The Morgan fingerprint density at radius 1 is 1.27 bits per heavy atom. The standard InChI is InChI=1S/C10H20O/c1-8(2)6-10(5,7-11)9(3)4/h7-9H,6H2,1-5H3. The molecule has 0 saturated heterocycles. The highest BCUT2D eigenvalue weighted by Crippen LogP contribution is 2.31. The van der Waals surface area contributed by atoms with Crippen molar-refractivity contribution in [1.82, 2.24) is 0 Å². The summed E-state index contributed by atoms with van der Waals surface area (Å²) in [5.74, 6) is 1.05. The lowest BCUT2D eigenvalue weighted by Gasteiger charge is -2.29. The molecule has 1 atom stereocenters. The zero-order valence-corrected chi connectivity index (χ0v) is 8.35. The predicted molar refractivity (Wildman–Crippen MR) is 48.5 cm³/mol. The van der Waals surface area contributed by atoms with Gasteiger partial charge in [0.1, 0.15) is 6.29 Å². The minimum Gasteiger partial charge on any atom is -0.303 e. The van der Waals surface area contributed by atoms with Gasteiger partial charge in [0.15, 0.2) is 0 Å². The third-order valence-corrected chi connectivity index (χ3v) is 2.44. The van der Waals surface area contributed by atoms with Gasteiger partial charge in [0.2, 0.25) is 0 Å². The van der Waals surface area contributed by atoms with E-state index in [1.807, 2.05) is 6.92 Å². The Morgan fingerprint density at radius 3 is 1.82 bits per heavy atom. The van der Waals surface area contributed by atoms with Gasteiger partial charge in [0.25, 0.3) is 0 Å². The van der Waals surface area contributed by atoms with Crippen molar-refractivity contribution in [2.75, 3.05) is 0 Å². The van der Waals surface area contributed by atoms with E-state index in [2.05, 4.69) is 27.7 Å². The monoisotopic (exact) mass is 156 g/mol. The van der Waals surface area contributed by atoms with Crippen LogP contribution >= 0.6 is 0 Å². The molecule has 0 amide bonds. The largest absolute Gasteiger partial charge is 0.303 e. The van der Waals surface area contributed by atoms with Crippen LogP contribution in [0.1, 0.15) is 41.0 Å². The summed E-state index contributed by atoms with van der Waals surface area (Å²) in [4.78, 5) is 10.8. The molecule has 0 heterocycles. The predicted octanol–water partition coefficient (Wildman–Crippen LogP) is 2.89. The van der Waals surface area contributed by atoms with E-state index in [1.165, 1.54) is 0 Å². The lowest BCUT2D eigenvalue weighted by Crippen LogP contribution is -2.26. The Balaban J connectivity index is 4.22. The number of carbonyl (C=O) groups is 1. The summed E-state index contributed by atoms with van der Waals surface area (Å²) in [6.45, 7) is 10.6. The molecule has 0 aromatic carbocycles. The second-order valence-electron chi connectivity index (χ2n) is 4.38. The molecule has 0 saturated carbocycles. The number of hydrogen-bond donors (Lipinski definition) is 0. The van der Waals surface area contributed by atoms with E-state index < -0.39 is 0 Å². The number of rotatable bonds is 4. The Hall–Kier alpha value is -0.330. The molecule has 0 aliphatic heterocycles. The van der Waals surface area contributed by atoms with Crippen LogP contribution < -0.4 is 0 Å². The summed E-state index contributed by atoms with van der Waals surface area (Å²) in [6, 6.07) is 0. The molecule has 0 spiro atoms. The van der Waals surface area contributed by atoms with Crippen LogP contribution in [0.3, 0.4) is 0 Å². The van der Waals surface area contributed by atoms with Gasteiger partial charge in [-0.05, 0) is 18.3 Å². The molecule has 0 aliphatic carbocycles. The number of aldehydes is 1. The molecule has 0 fully saturated rings. The van der Waals surface area contributed by atoms with Gasteiger partial charge in [-0.3, -0.25) is 0 Å². The van der Waals surface area contributed by atoms with Crippen LogP contribution in [0.5, 0.6) is 0 Å². The summed E-state index contributed by atoms with van der Waals surface area (Å²) in [6.07, 6.45) is 2.10. The maximum absolute atomic E-state index is 10.8. The fourth-order valence-corrected chi connectivity index (χ4v) is 1.30. The second-order valence-corrected chi connectivity index (χ2v) is 4.38. The second kappa shape index (κ2) is 3.89. The van der Waals surface area contributed by atoms with Crippen molar-refractivity contribution >= 4 is 6.29 Å². The van der Waals surface area contributed by atoms with Gasteiger partial charge in [-0.1, -0.05) is 34.6 Å². The SMILES string of the molecule is CC(C)CC(C)(C=O)C(C)C. The van der Waals surface area contributed by atoms with E-state index in [0.29, 0.717) is 11.8 Å². The van der Waals surface area contributed by atoms with Crippen LogP contribution in [0.15, 0.2) is 0 Å². The van der Waals surface area contributed by atoms with E-state index in [1.54, 1.807) is 0 Å². The van der Waals surface area contributed by atoms with Crippen LogP contribution in [-0.4, -0.2) is 6.29 Å². The smallest absolute Gasteiger partial charge is 0.126 e. The quantitative estimate of drug-likeness (QED) is 0.572. The Labute approximate surface area is 70.2 Å². The molecule has 0 N–H and O–H groups in total. The number of carbonyl (C=O) groups excluding carboxylic acids is 1. The van der Waals surface area contributed by atoms with Crippen LogP contribution in [0, 0.1) is 17.3 Å². The van der Waals surface area contributed by atoms with Gasteiger partial charge >= 0.3 is 0 Å². The lowest BCUT2D eigenvalue weighted by molar-refractivity contribution is -0.118. The maximum Gasteiger partial charge on any atom is 0.126 e. The number of hydrogen-bond acceptors (Lipinski definition) is 1. The molecule has 0 bridgehead atoms. The summed E-state index contributed by atoms with van der Waals surface area (Å²) >= 11 is 0. The van der Waals surface area contributed by atoms with Gasteiger partial charge in [0, 0.05) is 5.41 Å². The molecule has 11 heavy (non-hydrogen) atoms. The Morgan fingerprint density at radius 2 is 1.73 bits per heavy atom. The van der Waals surface area contributed by atoms with Gasteiger partial charge in [0.05, 0.1) is 0 Å². The molecule has 1 nitrogen and oxygen atoms in total. The molecular weight excluding hydrogens is 136 g/mol. The van der Waals surface area contributed by atoms with Crippen LogP contribution in [0.4, 0.5) is 0 Å². The normalized spacial score (nSPS) is 17.0. The molecule has 1 heteroatoms. The third kappa shape index (κ3) is 3.04. The van der Waals surface area contributed by atoms with Crippen LogP contribution in [0.2, 0.25) is 0 Å². The van der Waals surface area contributed by atoms with Crippen LogP contribution in [-0.2, 0) is 4.79 Å². The molecule has 0 rings (SSSR count). The molecule has 0 aromatic heterocycles. The van der Waals surface area contributed by atoms with E-state index in [0.717, 1.165) is 12.7 Å². The van der Waals surface area contributed by atoms with Crippen LogP contribution in [0.25, 0.3) is 0 Å². The lowest BCUT2D eigenvalue weighted by atomic mass is 9.75. The molecule has 0 radical (unpaired) electrons. The average Bonchev–Trinajstić information content (AvgIpc) is 1.86. The first kappa shape index (κ1) is 10.7. The average molecular weight is 156 g/mol. The van der Waals surface area contributed by atoms with Gasteiger partial charge in [-0.25, -0.2) is 0 Å². The highest BCUT2D eigenvalue weighted by Gasteiger charge is 2.28. The van der Waals surface area contributed by atoms with E-state index >= 15 is 0 Å². The summed E-state index contributed by atoms with van der Waals surface area (Å²) in [5.41, 5.74) is -0.117. The van der Waals surface area contributed by atoms with Crippen molar-refractivity contribution in [3.63, 3.8) is 0 Å². The van der Waals surface area contributed by atoms with E-state index in [-0.39, 0.29) is 5.41 Å². The highest BCUT2D eigenvalue weighted by atomic mass is 16.1. The van der Waals surface area contributed by atoms with Crippen molar-refractivity contribution < 1.29 is 4.79 Å². The van der Waals surface area contributed by atoms with Crippen molar-refractivity contribution in [2.45, 2.75) is 41.0 Å².